The summed E-state index contributed by atoms with van der Waals surface area (Å²) < 4.78 is 35.6. The Kier molecular flexibility index (Phi) is 6.68. The van der Waals surface area contributed by atoms with E-state index in [1.54, 1.807) is 32.0 Å². The summed E-state index contributed by atoms with van der Waals surface area (Å²) in [5.41, 5.74) is 0.448. The van der Waals surface area contributed by atoms with Gasteiger partial charge in [0.05, 0.1) is 32.7 Å². The van der Waals surface area contributed by atoms with Crippen LogP contribution in [0.2, 0.25) is 0 Å². The Morgan fingerprint density at radius 2 is 1.83 bits per heavy atom. The van der Waals surface area contributed by atoms with Crippen molar-refractivity contribution in [1.29, 1.82) is 0 Å². The van der Waals surface area contributed by atoms with Gasteiger partial charge in [0.1, 0.15) is 0 Å². The number of nitrogens with one attached hydrogen (secondary N) is 1. The summed E-state index contributed by atoms with van der Waals surface area (Å²) in [7, 11) is -0.506. The lowest BCUT2D eigenvalue weighted by molar-refractivity contribution is -0.123. The summed E-state index contributed by atoms with van der Waals surface area (Å²) >= 11 is 0. The van der Waals surface area contributed by atoms with Crippen LogP contribution in [-0.4, -0.2) is 47.9 Å². The van der Waals surface area contributed by atoms with Crippen LogP contribution in [0.15, 0.2) is 18.2 Å². The van der Waals surface area contributed by atoms with Gasteiger partial charge in [0.15, 0.2) is 11.5 Å². The van der Waals surface area contributed by atoms with Crippen molar-refractivity contribution in [3.05, 3.63) is 18.2 Å². The van der Waals surface area contributed by atoms with Crippen LogP contribution >= 0.6 is 0 Å². The number of rotatable bonds is 8. The number of benzene rings is 1. The average molecular weight is 344 g/mol. The van der Waals surface area contributed by atoms with Crippen molar-refractivity contribution in [2.24, 2.45) is 5.92 Å². The Hall–Kier alpha value is -1.96. The monoisotopic (exact) mass is 344 g/mol. The second kappa shape index (κ2) is 8.05. The molecule has 0 fully saturated rings. The number of anilines is 1. The molecule has 0 radical (unpaired) electrons. The zero-order valence-corrected chi connectivity index (χ0v) is 14.9. The number of methoxy groups -OCH3 is 2. The number of sulfonamides is 1. The van der Waals surface area contributed by atoms with E-state index in [2.05, 4.69) is 5.32 Å². The van der Waals surface area contributed by atoms with E-state index < -0.39 is 10.0 Å². The van der Waals surface area contributed by atoms with Crippen LogP contribution < -0.4 is 19.1 Å². The Balaban J connectivity index is 2.98. The number of hydrogen-bond donors (Lipinski definition) is 1. The molecule has 1 rings (SSSR count). The first-order chi connectivity index (χ1) is 10.7. The van der Waals surface area contributed by atoms with Crippen LogP contribution in [0.1, 0.15) is 13.8 Å². The van der Waals surface area contributed by atoms with Gasteiger partial charge in [0.2, 0.25) is 15.9 Å². The molecule has 0 bridgehead atoms. The van der Waals surface area contributed by atoms with Crippen molar-refractivity contribution in [3.63, 3.8) is 0 Å². The molecular formula is C15H24N2O5S. The molecule has 0 heterocycles. The number of nitrogens with zero attached hydrogens (tertiary/aromatic N) is 1. The summed E-state index contributed by atoms with van der Waals surface area (Å²) in [5, 5.41) is 2.70. The molecule has 0 aromatic heterocycles. The van der Waals surface area contributed by atoms with Gasteiger partial charge in [-0.05, 0) is 12.1 Å². The van der Waals surface area contributed by atoms with Gasteiger partial charge in [0, 0.05) is 18.5 Å². The molecule has 0 saturated carbocycles. The summed E-state index contributed by atoms with van der Waals surface area (Å²) in [5.74, 6) is 0.677. The molecule has 7 nitrogen and oxygen atoms in total. The van der Waals surface area contributed by atoms with Gasteiger partial charge in [-0.1, -0.05) is 13.8 Å². The van der Waals surface area contributed by atoms with Crippen LogP contribution in [0.4, 0.5) is 5.69 Å². The molecule has 0 unspecified atom stereocenters. The highest BCUT2D eigenvalue weighted by atomic mass is 32.2. The molecule has 0 aliphatic heterocycles. The van der Waals surface area contributed by atoms with Crippen LogP contribution in [0.3, 0.4) is 0 Å². The first kappa shape index (κ1) is 19.1. The van der Waals surface area contributed by atoms with Gasteiger partial charge in [-0.15, -0.1) is 0 Å². The molecule has 8 heteroatoms. The summed E-state index contributed by atoms with van der Waals surface area (Å²) in [6.07, 6.45) is 1.12. The lowest BCUT2D eigenvalue weighted by Crippen LogP contribution is -2.39. The Morgan fingerprint density at radius 3 is 2.30 bits per heavy atom. The number of carbonyl (C=O) groups excluding carboxylic acids is 1. The standard InChI is InChI=1S/C15H24N2O5S/c1-11(2)15(18)16-8-9-17(23(5,19)20)12-6-7-13(21-3)14(10-12)22-4/h6-7,10-11H,8-9H2,1-5H3,(H,16,18). The van der Waals surface area contributed by atoms with Crippen LogP contribution in [0.5, 0.6) is 11.5 Å². The summed E-state index contributed by atoms with van der Waals surface area (Å²) in [6, 6.07) is 4.86. The zero-order valence-electron chi connectivity index (χ0n) is 14.1. The number of carbonyl (C=O) groups is 1. The Morgan fingerprint density at radius 1 is 1.22 bits per heavy atom. The fraction of sp³-hybridized carbons (Fsp3) is 0.533. The van der Waals surface area contributed by atoms with Crippen molar-refractivity contribution in [3.8, 4) is 11.5 Å². The van der Waals surface area contributed by atoms with Gasteiger partial charge in [-0.3, -0.25) is 9.10 Å². The molecule has 0 aliphatic rings. The number of hydrogen-bond acceptors (Lipinski definition) is 5. The van der Waals surface area contributed by atoms with E-state index in [0.29, 0.717) is 17.2 Å². The van der Waals surface area contributed by atoms with Crippen molar-refractivity contribution in [2.75, 3.05) is 37.9 Å². The molecule has 1 aromatic carbocycles. The fourth-order valence-electron chi connectivity index (χ4n) is 1.95. The normalized spacial score (nSPS) is 11.2. The minimum absolute atomic E-state index is 0.120. The molecule has 0 spiro atoms. The Bertz CT molecular complexity index is 643. The molecule has 1 aromatic rings. The quantitative estimate of drug-likeness (QED) is 0.767. The van der Waals surface area contributed by atoms with Crippen molar-refractivity contribution < 1.29 is 22.7 Å². The Labute approximate surface area is 137 Å². The van der Waals surface area contributed by atoms with E-state index in [9.17, 15) is 13.2 Å². The van der Waals surface area contributed by atoms with E-state index in [4.69, 9.17) is 9.47 Å². The van der Waals surface area contributed by atoms with Crippen LogP contribution in [0.25, 0.3) is 0 Å². The third kappa shape index (κ3) is 5.31. The maximum absolute atomic E-state index is 12.0. The SMILES string of the molecule is COc1ccc(N(CCNC(=O)C(C)C)S(C)(=O)=O)cc1OC. The van der Waals surface area contributed by atoms with E-state index in [1.807, 2.05) is 0 Å². The van der Waals surface area contributed by atoms with Gasteiger partial charge >= 0.3 is 0 Å². The maximum atomic E-state index is 12.0. The average Bonchev–Trinajstić information content (AvgIpc) is 2.49. The van der Waals surface area contributed by atoms with E-state index in [0.717, 1.165) is 6.26 Å². The predicted molar refractivity (Wildman–Crippen MR) is 89.6 cm³/mol. The smallest absolute Gasteiger partial charge is 0.232 e. The minimum atomic E-state index is -3.50. The van der Waals surface area contributed by atoms with Gasteiger partial charge in [-0.2, -0.15) is 0 Å². The molecular weight excluding hydrogens is 320 g/mol. The molecule has 23 heavy (non-hydrogen) atoms. The zero-order chi connectivity index (χ0) is 17.6. The molecule has 130 valence electrons. The van der Waals surface area contributed by atoms with Gasteiger partial charge < -0.3 is 14.8 Å². The van der Waals surface area contributed by atoms with E-state index in [1.165, 1.54) is 18.5 Å². The third-order valence-corrected chi connectivity index (χ3v) is 4.39. The maximum Gasteiger partial charge on any atom is 0.232 e. The van der Waals surface area contributed by atoms with Crippen molar-refractivity contribution in [2.45, 2.75) is 13.8 Å². The first-order valence-electron chi connectivity index (χ1n) is 7.18. The molecule has 0 saturated heterocycles. The van der Waals surface area contributed by atoms with Gasteiger partial charge in [-0.25, -0.2) is 8.42 Å². The highest BCUT2D eigenvalue weighted by Crippen LogP contribution is 2.32. The second-order valence-electron chi connectivity index (χ2n) is 5.32. The number of amides is 1. The largest absolute Gasteiger partial charge is 0.493 e. The lowest BCUT2D eigenvalue weighted by Gasteiger charge is -2.23. The van der Waals surface area contributed by atoms with Crippen LogP contribution in [-0.2, 0) is 14.8 Å². The van der Waals surface area contributed by atoms with E-state index in [-0.39, 0.29) is 24.9 Å². The van der Waals surface area contributed by atoms with Crippen molar-refractivity contribution in [1.82, 2.24) is 5.32 Å². The lowest BCUT2D eigenvalue weighted by atomic mass is 10.2. The molecule has 1 N–H and O–H groups in total. The minimum Gasteiger partial charge on any atom is -0.493 e. The van der Waals surface area contributed by atoms with Gasteiger partial charge in [0.25, 0.3) is 0 Å². The predicted octanol–water partition coefficient (Wildman–Crippen LogP) is 1.24. The highest BCUT2D eigenvalue weighted by Gasteiger charge is 2.19. The van der Waals surface area contributed by atoms with Crippen molar-refractivity contribution >= 4 is 21.6 Å². The summed E-state index contributed by atoms with van der Waals surface area (Å²) in [4.78, 5) is 11.6. The topological polar surface area (TPSA) is 84.9 Å². The third-order valence-electron chi connectivity index (χ3n) is 3.19. The fourth-order valence-corrected chi connectivity index (χ4v) is 2.87. The highest BCUT2D eigenvalue weighted by molar-refractivity contribution is 7.92. The first-order valence-corrected chi connectivity index (χ1v) is 9.03. The molecule has 1 amide bonds. The second-order valence-corrected chi connectivity index (χ2v) is 7.23. The van der Waals surface area contributed by atoms with E-state index >= 15 is 0 Å². The molecule has 0 aliphatic carbocycles. The number of ether oxygens (including phenoxy) is 2. The molecule has 0 atom stereocenters. The summed E-state index contributed by atoms with van der Waals surface area (Å²) in [6.45, 7) is 3.90. The van der Waals surface area contributed by atoms with Crippen LogP contribution in [0, 0.1) is 5.92 Å².